The van der Waals surface area contributed by atoms with Crippen molar-refractivity contribution in [2.24, 2.45) is 5.10 Å². The third-order valence-electron chi connectivity index (χ3n) is 3.46. The Hall–Kier alpha value is -3.18. The number of amides is 2. The van der Waals surface area contributed by atoms with E-state index in [1.54, 1.807) is 36.4 Å². The van der Waals surface area contributed by atoms with E-state index in [9.17, 15) is 9.59 Å². The minimum Gasteiger partial charge on any atom is -0.318 e. The number of nitrogens with zero attached hydrogens (tertiary/aromatic N) is 1. The molecule has 0 bridgehead atoms. The average Bonchev–Trinajstić information content (AvgIpc) is 2.63. The molecular formula is C19H14ClN3O2. The fourth-order valence-electron chi connectivity index (χ4n) is 2.22. The molecule has 2 amide bonds. The largest absolute Gasteiger partial charge is 0.329 e. The summed E-state index contributed by atoms with van der Waals surface area (Å²) in [5.74, 6) is -1.64. The van der Waals surface area contributed by atoms with Crippen LogP contribution in [0.1, 0.15) is 5.56 Å². The van der Waals surface area contributed by atoms with E-state index in [0.29, 0.717) is 10.7 Å². The van der Waals surface area contributed by atoms with E-state index in [4.69, 9.17) is 11.6 Å². The number of carbonyl (C=O) groups is 2. The van der Waals surface area contributed by atoms with Gasteiger partial charge >= 0.3 is 11.8 Å². The van der Waals surface area contributed by atoms with Crippen LogP contribution in [0.4, 0.5) is 5.69 Å². The van der Waals surface area contributed by atoms with Gasteiger partial charge in [0.25, 0.3) is 0 Å². The zero-order valence-electron chi connectivity index (χ0n) is 13.1. The molecule has 0 atom stereocenters. The second kappa shape index (κ2) is 7.59. The lowest BCUT2D eigenvalue weighted by Crippen LogP contribution is -2.32. The maximum absolute atomic E-state index is 11.9. The Morgan fingerprint density at radius 3 is 2.36 bits per heavy atom. The summed E-state index contributed by atoms with van der Waals surface area (Å²) in [6.45, 7) is 0. The first kappa shape index (κ1) is 16.7. The van der Waals surface area contributed by atoms with Gasteiger partial charge in [0, 0.05) is 10.7 Å². The van der Waals surface area contributed by atoms with E-state index in [2.05, 4.69) is 15.8 Å². The van der Waals surface area contributed by atoms with Gasteiger partial charge in [-0.05, 0) is 40.6 Å². The molecule has 0 aromatic heterocycles. The van der Waals surface area contributed by atoms with Crippen molar-refractivity contribution in [1.82, 2.24) is 5.43 Å². The van der Waals surface area contributed by atoms with Crippen LogP contribution >= 0.6 is 11.6 Å². The quantitative estimate of drug-likeness (QED) is 0.430. The molecule has 3 aromatic carbocycles. The topological polar surface area (TPSA) is 70.6 Å². The Kier molecular flexibility index (Phi) is 5.06. The number of fused-ring (bicyclic) bond motifs is 1. The molecule has 0 spiro atoms. The molecular weight excluding hydrogens is 338 g/mol. The minimum absolute atomic E-state index is 0.542. The summed E-state index contributed by atoms with van der Waals surface area (Å²) < 4.78 is 0. The molecule has 0 unspecified atom stereocenters. The maximum atomic E-state index is 11.9. The Balaban J connectivity index is 1.59. The fraction of sp³-hybridized carbons (Fsp3) is 0. The van der Waals surface area contributed by atoms with Gasteiger partial charge in [0.2, 0.25) is 0 Å². The van der Waals surface area contributed by atoms with Crippen LogP contribution in [0.5, 0.6) is 0 Å². The number of benzene rings is 3. The number of rotatable bonds is 3. The van der Waals surface area contributed by atoms with Gasteiger partial charge in [0.1, 0.15) is 0 Å². The first-order valence-electron chi connectivity index (χ1n) is 7.50. The van der Waals surface area contributed by atoms with Gasteiger partial charge in [-0.25, -0.2) is 5.43 Å². The van der Waals surface area contributed by atoms with Crippen LogP contribution < -0.4 is 10.7 Å². The first-order chi connectivity index (χ1) is 12.1. The predicted octanol–water partition coefficient (Wildman–Crippen LogP) is 3.58. The molecule has 0 aliphatic heterocycles. The van der Waals surface area contributed by atoms with Crippen molar-refractivity contribution < 1.29 is 9.59 Å². The normalized spacial score (nSPS) is 10.8. The van der Waals surface area contributed by atoms with E-state index in [0.717, 1.165) is 16.3 Å². The summed E-state index contributed by atoms with van der Waals surface area (Å²) >= 11 is 5.78. The van der Waals surface area contributed by atoms with E-state index in [1.165, 1.54) is 6.21 Å². The molecule has 0 aliphatic rings. The average molecular weight is 352 g/mol. The van der Waals surface area contributed by atoms with Crippen molar-refractivity contribution in [1.29, 1.82) is 0 Å². The van der Waals surface area contributed by atoms with Gasteiger partial charge in [-0.2, -0.15) is 5.10 Å². The predicted molar refractivity (Wildman–Crippen MR) is 99.8 cm³/mol. The zero-order chi connectivity index (χ0) is 17.6. The van der Waals surface area contributed by atoms with Crippen LogP contribution in [0.2, 0.25) is 5.02 Å². The molecule has 5 nitrogen and oxygen atoms in total. The molecule has 0 heterocycles. The molecule has 6 heteroatoms. The second-order valence-electron chi connectivity index (χ2n) is 5.27. The molecule has 0 fully saturated rings. The van der Waals surface area contributed by atoms with Gasteiger partial charge in [0.15, 0.2) is 0 Å². The number of nitrogens with one attached hydrogen (secondary N) is 2. The minimum atomic E-state index is -0.849. The van der Waals surface area contributed by atoms with Crippen molar-refractivity contribution in [3.8, 4) is 0 Å². The van der Waals surface area contributed by atoms with E-state index < -0.39 is 11.8 Å². The number of carbonyl (C=O) groups excluding carboxylic acids is 2. The highest BCUT2D eigenvalue weighted by Crippen LogP contribution is 2.18. The van der Waals surface area contributed by atoms with Crippen LogP contribution in [0, 0.1) is 0 Å². The van der Waals surface area contributed by atoms with E-state index in [1.807, 2.05) is 30.3 Å². The summed E-state index contributed by atoms with van der Waals surface area (Å²) in [6.07, 6.45) is 1.43. The number of hydrogen-bond acceptors (Lipinski definition) is 3. The summed E-state index contributed by atoms with van der Waals surface area (Å²) in [6, 6.07) is 20.1. The van der Waals surface area contributed by atoms with Gasteiger partial charge < -0.3 is 5.32 Å². The smallest absolute Gasteiger partial charge is 0.318 e. The molecule has 3 rings (SSSR count). The van der Waals surface area contributed by atoms with Crippen LogP contribution in [0.3, 0.4) is 0 Å². The summed E-state index contributed by atoms with van der Waals surface area (Å²) in [5, 5.41) is 8.94. The monoisotopic (exact) mass is 351 g/mol. The Labute approximate surface area is 149 Å². The molecule has 124 valence electrons. The van der Waals surface area contributed by atoms with Gasteiger partial charge in [0.05, 0.1) is 6.21 Å². The molecule has 0 aliphatic carbocycles. The van der Waals surface area contributed by atoms with Crippen LogP contribution in [-0.4, -0.2) is 18.0 Å². The number of halogens is 1. The number of anilines is 1. The summed E-state index contributed by atoms with van der Waals surface area (Å²) in [5.41, 5.74) is 3.48. The molecule has 2 N–H and O–H groups in total. The Bertz CT molecular complexity index is 952. The highest BCUT2D eigenvalue weighted by molar-refractivity contribution is 6.39. The first-order valence-corrected chi connectivity index (χ1v) is 7.88. The molecule has 0 saturated heterocycles. The van der Waals surface area contributed by atoms with Crippen molar-refractivity contribution in [3.63, 3.8) is 0 Å². The Morgan fingerprint density at radius 2 is 1.60 bits per heavy atom. The van der Waals surface area contributed by atoms with Gasteiger partial charge in [-0.3, -0.25) is 9.59 Å². The van der Waals surface area contributed by atoms with Crippen molar-refractivity contribution in [3.05, 3.63) is 77.3 Å². The van der Waals surface area contributed by atoms with Gasteiger partial charge in [-0.15, -0.1) is 0 Å². The molecule has 0 radical (unpaired) electrons. The SMILES string of the molecule is O=C(NN=Cc1ccc(Cl)cc1)C(=O)Nc1ccc2ccccc2c1. The molecule has 3 aromatic rings. The highest BCUT2D eigenvalue weighted by Gasteiger charge is 2.12. The third kappa shape index (κ3) is 4.43. The molecule has 25 heavy (non-hydrogen) atoms. The Morgan fingerprint density at radius 1 is 0.880 bits per heavy atom. The third-order valence-corrected chi connectivity index (χ3v) is 3.72. The van der Waals surface area contributed by atoms with Crippen molar-refractivity contribution in [2.75, 3.05) is 5.32 Å². The lowest BCUT2D eigenvalue weighted by Gasteiger charge is -2.05. The van der Waals surface area contributed by atoms with Crippen molar-refractivity contribution in [2.45, 2.75) is 0 Å². The molecule has 0 saturated carbocycles. The maximum Gasteiger partial charge on any atom is 0.329 e. The lowest BCUT2D eigenvalue weighted by atomic mass is 10.1. The fourth-order valence-corrected chi connectivity index (χ4v) is 2.35. The summed E-state index contributed by atoms with van der Waals surface area (Å²) in [7, 11) is 0. The van der Waals surface area contributed by atoms with E-state index >= 15 is 0 Å². The van der Waals surface area contributed by atoms with Crippen LogP contribution in [0.25, 0.3) is 10.8 Å². The lowest BCUT2D eigenvalue weighted by molar-refractivity contribution is -0.136. The zero-order valence-corrected chi connectivity index (χ0v) is 13.8. The van der Waals surface area contributed by atoms with Crippen LogP contribution in [-0.2, 0) is 9.59 Å². The van der Waals surface area contributed by atoms with Crippen LogP contribution in [0.15, 0.2) is 71.8 Å². The standard InChI is InChI=1S/C19H14ClN3O2/c20-16-8-5-13(6-9-16)12-21-23-19(25)18(24)22-17-10-7-14-3-1-2-4-15(14)11-17/h1-12H,(H,22,24)(H,23,25). The van der Waals surface area contributed by atoms with Gasteiger partial charge in [-0.1, -0.05) is 54.1 Å². The number of hydrogen-bond donors (Lipinski definition) is 2. The number of hydrazone groups is 1. The van der Waals surface area contributed by atoms with Crippen molar-refractivity contribution >= 4 is 46.1 Å². The highest BCUT2D eigenvalue weighted by atomic mass is 35.5. The second-order valence-corrected chi connectivity index (χ2v) is 5.70. The summed E-state index contributed by atoms with van der Waals surface area (Å²) in [4.78, 5) is 23.7. The van der Waals surface area contributed by atoms with E-state index in [-0.39, 0.29) is 0 Å².